The third kappa shape index (κ3) is 9.04. The maximum absolute atomic E-state index is 15.9. The Labute approximate surface area is 372 Å². The number of thioether (sulfide) groups is 1. The topological polar surface area (TPSA) is 202 Å². The first-order chi connectivity index (χ1) is 29.9. The molecule has 0 radical (unpaired) electrons. The van der Waals surface area contributed by atoms with E-state index in [1.54, 1.807) is 58.0 Å². The van der Waals surface area contributed by atoms with Crippen molar-refractivity contribution in [3.8, 4) is 0 Å². The first kappa shape index (κ1) is 48.1. The summed E-state index contributed by atoms with van der Waals surface area (Å²) in [6.45, 7) is 11.0. The number of ether oxygens (including phenoxy) is 7. The van der Waals surface area contributed by atoms with Gasteiger partial charge >= 0.3 is 24.0 Å². The number of rotatable bonds is 16. The Hall–Kier alpha value is -4.32. The minimum atomic E-state index is -2.10. The molecule has 16 heteroatoms. The van der Waals surface area contributed by atoms with Crippen molar-refractivity contribution in [2.75, 3.05) is 25.4 Å². The number of fused-ring (bicyclic) bond motifs is 5. The lowest BCUT2D eigenvalue weighted by Gasteiger charge is -2.68. The number of Topliss-reactive ketones (excluding diaryl/α,β-unsaturated/α-hetero) is 1. The summed E-state index contributed by atoms with van der Waals surface area (Å²) in [6.07, 6.45) is -5.88. The van der Waals surface area contributed by atoms with Crippen LogP contribution in [0, 0.1) is 16.7 Å². The molecule has 4 aliphatic rings. The summed E-state index contributed by atoms with van der Waals surface area (Å²) < 4.78 is 43.4. The molecular weight excluding hydrogens is 835 g/mol. The third-order valence-electron chi connectivity index (χ3n) is 13.5. The minimum Gasteiger partial charge on any atom is -0.456 e. The summed E-state index contributed by atoms with van der Waals surface area (Å²) >= 11 is 1.39. The van der Waals surface area contributed by atoms with Gasteiger partial charge in [0, 0.05) is 38.0 Å². The molecule has 1 aliphatic heterocycles. The molecule has 2 bridgehead atoms. The highest BCUT2D eigenvalue weighted by molar-refractivity contribution is 7.98. The number of carbonyl (C=O) groups excluding carboxylic acids is 5. The molecule has 2 aromatic carbocycles. The molecule has 63 heavy (non-hydrogen) atoms. The summed E-state index contributed by atoms with van der Waals surface area (Å²) in [7, 11) is 0. The van der Waals surface area contributed by atoms with Crippen LogP contribution in [0.4, 0.5) is 4.79 Å². The zero-order valence-corrected chi connectivity index (χ0v) is 38.1. The van der Waals surface area contributed by atoms with Crippen LogP contribution in [-0.4, -0.2) is 113 Å². The molecule has 2 unspecified atom stereocenters. The normalized spacial score (nSPS) is 31.7. The Kier molecular flexibility index (Phi) is 14.8. The van der Waals surface area contributed by atoms with Crippen molar-refractivity contribution >= 4 is 41.5 Å². The summed E-state index contributed by atoms with van der Waals surface area (Å²) in [6, 6.07) is 16.3. The van der Waals surface area contributed by atoms with Gasteiger partial charge in [-0.3, -0.25) is 14.4 Å². The Morgan fingerprint density at radius 1 is 0.968 bits per heavy atom. The molecule has 1 heterocycles. The van der Waals surface area contributed by atoms with Crippen molar-refractivity contribution in [3.05, 3.63) is 82.9 Å². The molecule has 344 valence electrons. The van der Waals surface area contributed by atoms with Crippen molar-refractivity contribution in [1.29, 1.82) is 0 Å². The molecule has 3 N–H and O–H groups in total. The number of amides is 1. The van der Waals surface area contributed by atoms with Crippen molar-refractivity contribution in [1.82, 2.24) is 5.32 Å². The fraction of sp³-hybridized carbons (Fsp3) is 0.596. The van der Waals surface area contributed by atoms with Gasteiger partial charge in [-0.15, -0.1) is 11.8 Å². The number of hydrogen-bond acceptors (Lipinski definition) is 15. The zero-order valence-electron chi connectivity index (χ0n) is 37.3. The second-order valence-electron chi connectivity index (χ2n) is 17.7. The summed E-state index contributed by atoms with van der Waals surface area (Å²) in [5.74, 6) is -4.21. The van der Waals surface area contributed by atoms with E-state index in [-0.39, 0.29) is 44.2 Å². The van der Waals surface area contributed by atoms with E-state index in [0.717, 1.165) is 12.0 Å². The number of unbranched alkanes of at least 4 members (excludes halogenated alkanes) is 1. The van der Waals surface area contributed by atoms with E-state index in [2.05, 4.69) is 5.32 Å². The van der Waals surface area contributed by atoms with Gasteiger partial charge in [-0.1, -0.05) is 87.9 Å². The highest BCUT2D eigenvalue weighted by Crippen LogP contribution is 2.65. The molecule has 3 aliphatic carbocycles. The van der Waals surface area contributed by atoms with Crippen LogP contribution in [0.25, 0.3) is 0 Å². The number of benzene rings is 2. The van der Waals surface area contributed by atoms with Gasteiger partial charge in [-0.05, 0) is 48.8 Å². The zero-order chi connectivity index (χ0) is 45.9. The van der Waals surface area contributed by atoms with Gasteiger partial charge in [0.15, 0.2) is 23.6 Å². The van der Waals surface area contributed by atoms with E-state index in [9.17, 15) is 29.4 Å². The molecule has 0 spiro atoms. The highest BCUT2D eigenvalue weighted by atomic mass is 32.2. The van der Waals surface area contributed by atoms with Crippen molar-refractivity contribution in [2.24, 2.45) is 16.7 Å². The van der Waals surface area contributed by atoms with E-state index in [1.165, 1.54) is 25.6 Å². The number of aliphatic hydroxyl groups excluding tert-OH is 1. The van der Waals surface area contributed by atoms with E-state index >= 15 is 4.79 Å². The van der Waals surface area contributed by atoms with E-state index in [4.69, 9.17) is 33.2 Å². The summed E-state index contributed by atoms with van der Waals surface area (Å²) in [4.78, 5) is 69.5. The standard InChI is InChI=1S/C47H61NO14S/c1-9-10-21-56-43(54)48-36(31-19-15-12-16-20-31)37(51)42(53)61-32-23-47(55)41(57-24-30-17-13-11-14-18-30)39-45(7,40(52)38(60-28(3)49)35(27(32)2)44(47,5)6)33(59-26-63-8)22-34-46(39,25-58-34)62-29(4)50/h11-20,32-34,36-39,41,51,55H,9-10,21-26H2,1-8H3,(H,48,54)/t32?,33-,34+,36-,37+,38+,39?,41-,45+,46-,47+/m0/s1. The average molecular weight is 896 g/mol. The van der Waals surface area contributed by atoms with Crippen molar-refractivity contribution in [2.45, 2.75) is 135 Å². The van der Waals surface area contributed by atoms with Crippen LogP contribution in [0.1, 0.15) is 91.3 Å². The van der Waals surface area contributed by atoms with E-state index < -0.39 is 100 Å². The van der Waals surface area contributed by atoms with Gasteiger partial charge in [0.1, 0.15) is 17.8 Å². The molecule has 0 aromatic heterocycles. The Morgan fingerprint density at radius 2 is 1.63 bits per heavy atom. The van der Waals surface area contributed by atoms with Crippen LogP contribution in [0.3, 0.4) is 0 Å². The molecule has 1 saturated heterocycles. The van der Waals surface area contributed by atoms with Crippen molar-refractivity contribution < 1.29 is 67.3 Å². The van der Waals surface area contributed by atoms with Gasteiger partial charge in [-0.25, -0.2) is 9.59 Å². The molecule has 6 rings (SSSR count). The molecule has 2 aromatic rings. The van der Waals surface area contributed by atoms with Gasteiger partial charge in [0.2, 0.25) is 0 Å². The number of aliphatic hydroxyl groups is 2. The minimum absolute atomic E-state index is 0.0595. The monoisotopic (exact) mass is 895 g/mol. The highest BCUT2D eigenvalue weighted by Gasteiger charge is 2.78. The maximum atomic E-state index is 15.9. The fourth-order valence-electron chi connectivity index (χ4n) is 10.3. The number of hydrogen-bond donors (Lipinski definition) is 3. The Bertz CT molecular complexity index is 2030. The van der Waals surface area contributed by atoms with Crippen LogP contribution < -0.4 is 5.32 Å². The SMILES string of the molecule is CCCCOC(=O)N[C@@H](c1ccccc1)[C@@H](O)C(=O)OC1C[C@@]2(O)[C@@H](OCc3ccccc3)C3[C@](C)(C(=O)[C@H](OC(C)=O)C(=C1C)C2(C)C)[C@@H](OCSC)C[C@H]1OC[C@@]31OC(C)=O. The number of carbonyl (C=O) groups is 5. The predicted octanol–water partition coefficient (Wildman–Crippen LogP) is 5.54. The largest absolute Gasteiger partial charge is 0.456 e. The van der Waals surface area contributed by atoms with E-state index in [0.29, 0.717) is 17.6 Å². The van der Waals surface area contributed by atoms with Crippen LogP contribution in [-0.2, 0) is 58.9 Å². The number of ketones is 1. The Balaban J connectivity index is 1.53. The second-order valence-corrected chi connectivity index (χ2v) is 18.5. The number of nitrogens with one attached hydrogen (secondary N) is 1. The maximum Gasteiger partial charge on any atom is 0.407 e. The van der Waals surface area contributed by atoms with Gasteiger partial charge in [0.25, 0.3) is 0 Å². The van der Waals surface area contributed by atoms with Crippen LogP contribution >= 0.6 is 11.8 Å². The lowest BCUT2D eigenvalue weighted by atomic mass is 9.44. The number of alkyl carbamates (subject to hydrolysis) is 1. The Morgan fingerprint density at radius 3 is 2.22 bits per heavy atom. The van der Waals surface area contributed by atoms with Gasteiger partial charge in [0.05, 0.1) is 49.4 Å². The van der Waals surface area contributed by atoms with Gasteiger partial charge in [-0.2, -0.15) is 0 Å². The smallest absolute Gasteiger partial charge is 0.407 e. The fourth-order valence-corrected chi connectivity index (χ4v) is 10.6. The third-order valence-corrected chi connectivity index (χ3v) is 13.9. The second kappa shape index (κ2) is 19.4. The summed E-state index contributed by atoms with van der Waals surface area (Å²) in [5, 5.41) is 28.2. The quantitative estimate of drug-likeness (QED) is 0.0623. The van der Waals surface area contributed by atoms with Crippen molar-refractivity contribution in [3.63, 3.8) is 0 Å². The lowest BCUT2D eigenvalue weighted by Crippen LogP contribution is -2.82. The number of esters is 3. The predicted molar refractivity (Wildman–Crippen MR) is 230 cm³/mol. The molecule has 3 fully saturated rings. The first-order valence-corrected chi connectivity index (χ1v) is 22.9. The molecule has 1 amide bonds. The van der Waals surface area contributed by atoms with E-state index in [1.807, 2.05) is 43.5 Å². The van der Waals surface area contributed by atoms with Crippen LogP contribution in [0.2, 0.25) is 0 Å². The van der Waals surface area contributed by atoms with Crippen LogP contribution in [0.5, 0.6) is 0 Å². The summed E-state index contributed by atoms with van der Waals surface area (Å²) in [5.41, 5.74) is -5.18. The molecule has 15 nitrogen and oxygen atoms in total. The molecule has 2 saturated carbocycles. The van der Waals surface area contributed by atoms with Crippen LogP contribution in [0.15, 0.2) is 71.8 Å². The molecule has 11 atom stereocenters. The first-order valence-electron chi connectivity index (χ1n) is 21.5. The average Bonchev–Trinajstić information content (AvgIpc) is 3.23. The van der Waals surface area contributed by atoms with Gasteiger partial charge < -0.3 is 48.7 Å². The molecular formula is C47H61NO14S. The lowest BCUT2D eigenvalue weighted by molar-refractivity contribution is -0.353.